The first kappa shape index (κ1) is 17.4. The summed E-state index contributed by atoms with van der Waals surface area (Å²) in [5.74, 6) is 1.03. The highest BCUT2D eigenvalue weighted by Crippen LogP contribution is 2.29. The summed E-state index contributed by atoms with van der Waals surface area (Å²) in [5, 5.41) is 3.22. The molecule has 9 heteroatoms. The number of aryl methyl sites for hydroxylation is 2. The van der Waals surface area contributed by atoms with Gasteiger partial charge in [-0.2, -0.15) is 0 Å². The number of rotatable bonds is 4. The molecule has 0 aliphatic rings. The van der Waals surface area contributed by atoms with Gasteiger partial charge < -0.3 is 4.98 Å². The molecule has 134 valence electrons. The topological polar surface area (TPSA) is 80.6 Å². The molecule has 0 radical (unpaired) electrons. The van der Waals surface area contributed by atoms with Crippen LogP contribution in [-0.4, -0.2) is 19.5 Å². The molecule has 0 aliphatic carbocycles. The summed E-state index contributed by atoms with van der Waals surface area (Å²) >= 11 is 4.34. The number of aromatic nitrogens is 4. The molecule has 0 fully saturated rings. The van der Waals surface area contributed by atoms with Crippen molar-refractivity contribution < 1.29 is 0 Å². The van der Waals surface area contributed by atoms with Crippen LogP contribution in [0.1, 0.15) is 23.2 Å². The van der Waals surface area contributed by atoms with Crippen molar-refractivity contribution in [3.8, 4) is 0 Å². The minimum Gasteiger partial charge on any atom is -0.309 e. The number of hydrogen-bond donors (Lipinski definition) is 1. The van der Waals surface area contributed by atoms with Crippen LogP contribution in [0.15, 0.2) is 26.2 Å². The van der Waals surface area contributed by atoms with Crippen LogP contribution in [0.25, 0.3) is 20.4 Å². The molecule has 26 heavy (non-hydrogen) atoms. The molecule has 1 N–H and O–H groups in total. The maximum absolute atomic E-state index is 12.9. The first-order chi connectivity index (χ1) is 12.5. The van der Waals surface area contributed by atoms with E-state index in [9.17, 15) is 9.59 Å². The molecule has 0 spiro atoms. The van der Waals surface area contributed by atoms with Crippen molar-refractivity contribution in [2.75, 3.05) is 0 Å². The standard InChI is InChI=1S/C17H16N4O2S3/c1-4-21-16(23)12-8(2)9(3)26-15(12)20-17(21)25-7-11-18-10-5-6-24-13(10)14(22)19-11/h5-6H,4,7H2,1-3H3,(H,18,19,22). The Morgan fingerprint density at radius 1 is 1.27 bits per heavy atom. The zero-order chi connectivity index (χ0) is 18.4. The maximum atomic E-state index is 12.9. The third-order valence-corrected chi connectivity index (χ3v) is 7.26. The van der Waals surface area contributed by atoms with Gasteiger partial charge >= 0.3 is 0 Å². The highest BCUT2D eigenvalue weighted by atomic mass is 32.2. The van der Waals surface area contributed by atoms with Gasteiger partial charge in [0.1, 0.15) is 15.4 Å². The number of nitrogens with one attached hydrogen (secondary N) is 1. The summed E-state index contributed by atoms with van der Waals surface area (Å²) in [6.45, 7) is 6.46. The number of H-pyrrole nitrogens is 1. The summed E-state index contributed by atoms with van der Waals surface area (Å²) in [4.78, 5) is 38.9. The third kappa shape index (κ3) is 2.80. The summed E-state index contributed by atoms with van der Waals surface area (Å²) in [6, 6.07) is 1.84. The normalized spacial score (nSPS) is 11.7. The van der Waals surface area contributed by atoms with Crippen molar-refractivity contribution in [3.63, 3.8) is 0 Å². The number of hydrogen-bond acceptors (Lipinski definition) is 7. The van der Waals surface area contributed by atoms with Gasteiger partial charge in [0.2, 0.25) is 0 Å². The molecular weight excluding hydrogens is 388 g/mol. The second kappa shape index (κ2) is 6.64. The van der Waals surface area contributed by atoms with E-state index in [1.807, 2.05) is 32.2 Å². The van der Waals surface area contributed by atoms with Crippen molar-refractivity contribution in [1.29, 1.82) is 0 Å². The van der Waals surface area contributed by atoms with Gasteiger partial charge in [0.25, 0.3) is 11.1 Å². The van der Waals surface area contributed by atoms with E-state index < -0.39 is 0 Å². The molecule has 4 rings (SSSR count). The largest absolute Gasteiger partial charge is 0.309 e. The maximum Gasteiger partial charge on any atom is 0.268 e. The molecule has 6 nitrogen and oxygen atoms in total. The Morgan fingerprint density at radius 3 is 2.85 bits per heavy atom. The SMILES string of the molecule is CCn1c(SCc2nc3ccsc3c(=O)[nH]2)nc2sc(C)c(C)c2c1=O. The van der Waals surface area contributed by atoms with E-state index in [0.717, 1.165) is 15.3 Å². The minimum absolute atomic E-state index is 0.00316. The van der Waals surface area contributed by atoms with Crippen LogP contribution in [0.3, 0.4) is 0 Å². The van der Waals surface area contributed by atoms with E-state index in [1.165, 1.54) is 23.1 Å². The first-order valence-corrected chi connectivity index (χ1v) is 10.8. The van der Waals surface area contributed by atoms with Gasteiger partial charge in [0.15, 0.2) is 5.16 Å². The summed E-state index contributed by atoms with van der Waals surface area (Å²) in [5.41, 5.74) is 1.59. The fourth-order valence-corrected chi connectivity index (χ4v) is 5.55. The highest BCUT2D eigenvalue weighted by Gasteiger charge is 2.16. The lowest BCUT2D eigenvalue weighted by Crippen LogP contribution is -2.22. The van der Waals surface area contributed by atoms with Crippen LogP contribution in [0.2, 0.25) is 0 Å². The summed E-state index contributed by atoms with van der Waals surface area (Å²) in [7, 11) is 0. The average molecular weight is 405 g/mol. The van der Waals surface area contributed by atoms with Crippen LogP contribution in [0.5, 0.6) is 0 Å². The second-order valence-electron chi connectivity index (χ2n) is 5.84. The minimum atomic E-state index is -0.124. The van der Waals surface area contributed by atoms with Crippen molar-refractivity contribution in [2.24, 2.45) is 0 Å². The van der Waals surface area contributed by atoms with Crippen molar-refractivity contribution in [2.45, 2.75) is 38.2 Å². The molecule has 0 aliphatic heterocycles. The number of fused-ring (bicyclic) bond motifs is 2. The lowest BCUT2D eigenvalue weighted by molar-refractivity contribution is 0.635. The lowest BCUT2D eigenvalue weighted by Gasteiger charge is -2.09. The third-order valence-electron chi connectivity index (χ3n) is 4.27. The number of thioether (sulfide) groups is 1. The van der Waals surface area contributed by atoms with Crippen LogP contribution in [0, 0.1) is 13.8 Å². The monoisotopic (exact) mass is 404 g/mol. The van der Waals surface area contributed by atoms with Gasteiger partial charge in [-0.3, -0.25) is 14.2 Å². The Labute approximate surface area is 160 Å². The number of nitrogens with zero attached hydrogens (tertiary/aromatic N) is 3. The van der Waals surface area contributed by atoms with E-state index in [4.69, 9.17) is 4.98 Å². The quantitative estimate of drug-likeness (QED) is 0.414. The van der Waals surface area contributed by atoms with Gasteiger partial charge in [-0.1, -0.05) is 11.8 Å². The summed E-state index contributed by atoms with van der Waals surface area (Å²) < 4.78 is 2.32. The zero-order valence-electron chi connectivity index (χ0n) is 14.5. The molecule has 0 aromatic carbocycles. The molecule has 0 bridgehead atoms. The van der Waals surface area contributed by atoms with E-state index in [1.54, 1.807) is 15.9 Å². The lowest BCUT2D eigenvalue weighted by atomic mass is 10.2. The Balaban J connectivity index is 1.74. The van der Waals surface area contributed by atoms with Crippen LogP contribution >= 0.6 is 34.4 Å². The Bertz CT molecular complexity index is 1250. The molecule has 0 unspecified atom stereocenters. The van der Waals surface area contributed by atoms with E-state index in [0.29, 0.717) is 38.9 Å². The Kier molecular flexibility index (Phi) is 4.45. The van der Waals surface area contributed by atoms with Crippen molar-refractivity contribution in [1.82, 2.24) is 19.5 Å². The molecule has 4 aromatic heterocycles. The molecule has 0 amide bonds. The first-order valence-electron chi connectivity index (χ1n) is 8.09. The second-order valence-corrected chi connectivity index (χ2v) is 8.91. The van der Waals surface area contributed by atoms with Crippen molar-refractivity contribution >= 4 is 54.9 Å². The Hall–Kier alpha value is -1.97. The molecule has 4 heterocycles. The predicted molar refractivity (Wildman–Crippen MR) is 109 cm³/mol. The zero-order valence-corrected chi connectivity index (χ0v) is 16.9. The molecule has 0 saturated carbocycles. The van der Waals surface area contributed by atoms with E-state index in [-0.39, 0.29) is 11.1 Å². The average Bonchev–Trinajstić information content (AvgIpc) is 3.18. The fraction of sp³-hybridized carbons (Fsp3) is 0.294. The molecular formula is C17H16N4O2S3. The summed E-state index contributed by atoms with van der Waals surface area (Å²) in [6.07, 6.45) is 0. The van der Waals surface area contributed by atoms with E-state index >= 15 is 0 Å². The molecule has 0 atom stereocenters. The van der Waals surface area contributed by atoms with Crippen LogP contribution in [-0.2, 0) is 12.3 Å². The smallest absolute Gasteiger partial charge is 0.268 e. The highest BCUT2D eigenvalue weighted by molar-refractivity contribution is 7.98. The van der Waals surface area contributed by atoms with Crippen LogP contribution < -0.4 is 11.1 Å². The van der Waals surface area contributed by atoms with Gasteiger partial charge in [-0.25, -0.2) is 9.97 Å². The van der Waals surface area contributed by atoms with Crippen molar-refractivity contribution in [3.05, 3.63) is 48.4 Å². The van der Waals surface area contributed by atoms with Gasteiger partial charge in [-0.05, 0) is 37.8 Å². The van der Waals surface area contributed by atoms with Gasteiger partial charge in [-0.15, -0.1) is 22.7 Å². The molecule has 4 aromatic rings. The number of thiophene rings is 2. The van der Waals surface area contributed by atoms with Gasteiger partial charge in [0.05, 0.1) is 16.7 Å². The van der Waals surface area contributed by atoms with Gasteiger partial charge in [0, 0.05) is 11.4 Å². The molecule has 0 saturated heterocycles. The van der Waals surface area contributed by atoms with E-state index in [2.05, 4.69) is 9.97 Å². The fourth-order valence-electron chi connectivity index (χ4n) is 2.82. The van der Waals surface area contributed by atoms with Crippen LogP contribution in [0.4, 0.5) is 0 Å². The predicted octanol–water partition coefficient (Wildman–Crippen LogP) is 3.69. The number of aromatic amines is 1. The Morgan fingerprint density at radius 2 is 2.08 bits per heavy atom.